The Kier molecular flexibility index (Phi) is 4.35. The fourth-order valence-corrected chi connectivity index (χ4v) is 3.73. The van der Waals surface area contributed by atoms with E-state index in [1.807, 2.05) is 55.5 Å². The van der Waals surface area contributed by atoms with Gasteiger partial charge in [0, 0.05) is 9.69 Å². The van der Waals surface area contributed by atoms with Crippen molar-refractivity contribution in [2.24, 2.45) is 10.1 Å². The maximum absolute atomic E-state index is 12.8. The molecule has 0 saturated carbocycles. The van der Waals surface area contributed by atoms with Crippen molar-refractivity contribution in [1.82, 2.24) is 10.3 Å². The number of hydrogen-bond acceptors (Lipinski definition) is 5. The smallest absolute Gasteiger partial charge is 0.276 e. The molecule has 0 saturated heterocycles. The van der Waals surface area contributed by atoms with Gasteiger partial charge in [-0.05, 0) is 29.5 Å². The van der Waals surface area contributed by atoms with Crippen LogP contribution in [0.2, 0.25) is 0 Å². The van der Waals surface area contributed by atoms with E-state index < -0.39 is 0 Å². The van der Waals surface area contributed by atoms with E-state index in [9.17, 15) is 4.79 Å². The predicted molar refractivity (Wildman–Crippen MR) is 103 cm³/mol. The number of carbonyl (C=O) groups excluding carboxylic acids is 1. The maximum Gasteiger partial charge on any atom is 0.276 e. The van der Waals surface area contributed by atoms with E-state index in [-0.39, 0.29) is 12.1 Å². The second-order valence-corrected chi connectivity index (χ2v) is 7.73. The van der Waals surface area contributed by atoms with Crippen molar-refractivity contribution in [3.05, 3.63) is 69.1 Å². The van der Waals surface area contributed by atoms with Crippen LogP contribution in [0.1, 0.15) is 18.7 Å². The lowest BCUT2D eigenvalue weighted by Crippen LogP contribution is -2.50. The minimum Gasteiger partial charge on any atom is -0.298 e. The van der Waals surface area contributed by atoms with Crippen molar-refractivity contribution in [3.63, 3.8) is 0 Å². The van der Waals surface area contributed by atoms with E-state index in [1.165, 1.54) is 11.8 Å². The zero-order chi connectivity index (χ0) is 17.4. The molecule has 0 bridgehead atoms. The van der Waals surface area contributed by atoms with E-state index in [0.29, 0.717) is 10.9 Å². The Morgan fingerprint density at radius 3 is 2.72 bits per heavy atom. The molecule has 7 heteroatoms. The van der Waals surface area contributed by atoms with Gasteiger partial charge in [0.2, 0.25) is 0 Å². The molecule has 4 rings (SSSR count). The highest BCUT2D eigenvalue weighted by atomic mass is 79.9. The number of para-hydroxylation sites is 1. The van der Waals surface area contributed by atoms with Crippen molar-refractivity contribution in [2.45, 2.75) is 13.1 Å². The van der Waals surface area contributed by atoms with E-state index in [1.54, 1.807) is 5.01 Å². The standard InChI is InChI=1S/C18H15BrN4OS/c1-2-25-18-21-17(24)15-13-5-3-4-6-14(13)20-16(23(15)22-18)11-7-9-12(19)10-8-11/h3-10,16H,2H2,1H3,(H,21,22,24)/t16-/m1/s1. The van der Waals surface area contributed by atoms with Crippen LogP contribution in [-0.2, 0) is 4.79 Å². The Labute approximate surface area is 157 Å². The molecule has 1 atom stereocenters. The minimum absolute atomic E-state index is 0.143. The molecule has 5 nitrogen and oxygen atoms in total. The lowest BCUT2D eigenvalue weighted by atomic mass is 10.1. The summed E-state index contributed by atoms with van der Waals surface area (Å²) in [5, 5.41) is 11.5. The molecule has 0 spiro atoms. The molecule has 0 unspecified atom stereocenters. The van der Waals surface area contributed by atoms with Gasteiger partial charge in [0.25, 0.3) is 5.91 Å². The highest BCUT2D eigenvalue weighted by molar-refractivity contribution is 9.10. The number of carbonyl (C=O) groups is 1. The second kappa shape index (κ2) is 6.65. The van der Waals surface area contributed by atoms with Crippen molar-refractivity contribution in [3.8, 4) is 0 Å². The third-order valence-electron chi connectivity index (χ3n) is 3.96. The van der Waals surface area contributed by atoms with E-state index >= 15 is 0 Å². The van der Waals surface area contributed by atoms with Gasteiger partial charge < -0.3 is 0 Å². The third kappa shape index (κ3) is 2.98. The van der Waals surface area contributed by atoms with Gasteiger partial charge in [0.05, 0.1) is 5.36 Å². The summed E-state index contributed by atoms with van der Waals surface area (Å²) in [6.45, 7) is 2.03. The highest BCUT2D eigenvalue weighted by Crippen LogP contribution is 2.31. The zero-order valence-corrected chi connectivity index (χ0v) is 15.8. The summed E-state index contributed by atoms with van der Waals surface area (Å²) < 4.78 is 0.999. The van der Waals surface area contributed by atoms with Gasteiger partial charge in [0.15, 0.2) is 11.3 Å². The number of benzene rings is 2. The van der Waals surface area contributed by atoms with Crippen LogP contribution in [0.5, 0.6) is 0 Å². The molecule has 126 valence electrons. The van der Waals surface area contributed by atoms with E-state index in [4.69, 9.17) is 4.99 Å². The van der Waals surface area contributed by atoms with Crippen molar-refractivity contribution < 1.29 is 4.79 Å². The number of hydrazone groups is 1. The molecule has 0 aromatic heterocycles. The summed E-state index contributed by atoms with van der Waals surface area (Å²) >= 11 is 4.97. The molecule has 25 heavy (non-hydrogen) atoms. The van der Waals surface area contributed by atoms with Gasteiger partial charge >= 0.3 is 0 Å². The maximum atomic E-state index is 12.8. The molecule has 1 N–H and O–H groups in total. The number of amidine groups is 1. The van der Waals surface area contributed by atoms with Gasteiger partial charge in [0.1, 0.15) is 5.70 Å². The molecule has 1 amide bonds. The lowest BCUT2D eigenvalue weighted by molar-refractivity contribution is -0.116. The van der Waals surface area contributed by atoms with Crippen LogP contribution in [0.15, 0.2) is 63.1 Å². The van der Waals surface area contributed by atoms with Crippen molar-refractivity contribution in [1.29, 1.82) is 0 Å². The molecule has 2 heterocycles. The van der Waals surface area contributed by atoms with Crippen LogP contribution in [0.3, 0.4) is 0 Å². The van der Waals surface area contributed by atoms with Crippen molar-refractivity contribution in [2.75, 3.05) is 5.75 Å². The SMILES string of the molecule is CCSC1=NN2C(=c3ccccc3=N[C@H]2c2ccc(Br)cc2)C(=O)N1. The number of halogens is 1. The third-order valence-corrected chi connectivity index (χ3v) is 5.24. The first-order valence-electron chi connectivity index (χ1n) is 7.92. The monoisotopic (exact) mass is 414 g/mol. The predicted octanol–water partition coefficient (Wildman–Crippen LogP) is 2.35. The first-order chi connectivity index (χ1) is 12.2. The van der Waals surface area contributed by atoms with Gasteiger partial charge in [-0.3, -0.25) is 15.1 Å². The van der Waals surface area contributed by atoms with Gasteiger partial charge in [-0.1, -0.05) is 64.9 Å². The van der Waals surface area contributed by atoms with Crippen LogP contribution >= 0.6 is 27.7 Å². The Balaban J connectivity index is 1.94. The zero-order valence-electron chi connectivity index (χ0n) is 13.4. The molecular weight excluding hydrogens is 400 g/mol. The van der Waals surface area contributed by atoms with E-state index in [0.717, 1.165) is 26.4 Å². The first kappa shape index (κ1) is 16.4. The molecule has 2 aliphatic heterocycles. The molecule has 2 aromatic carbocycles. The van der Waals surface area contributed by atoms with E-state index in [2.05, 4.69) is 26.3 Å². The van der Waals surface area contributed by atoms with Crippen LogP contribution < -0.4 is 15.9 Å². The molecule has 0 radical (unpaired) electrons. The first-order valence-corrected chi connectivity index (χ1v) is 9.70. The number of nitrogens with one attached hydrogen (secondary N) is 1. The lowest BCUT2D eigenvalue weighted by Gasteiger charge is -2.34. The summed E-state index contributed by atoms with van der Waals surface area (Å²) in [6, 6.07) is 15.6. The van der Waals surface area contributed by atoms with Crippen LogP contribution in [0, 0.1) is 0 Å². The fraction of sp³-hybridized carbons (Fsp3) is 0.167. The van der Waals surface area contributed by atoms with Crippen LogP contribution in [0.25, 0.3) is 5.70 Å². The quantitative estimate of drug-likeness (QED) is 0.820. The van der Waals surface area contributed by atoms with Crippen molar-refractivity contribution >= 4 is 44.5 Å². The Morgan fingerprint density at radius 1 is 1.20 bits per heavy atom. The molecular formula is C18H15BrN4OS. The molecule has 0 fully saturated rings. The normalized spacial score (nSPS) is 18.7. The number of fused-ring (bicyclic) bond motifs is 2. The number of rotatable bonds is 2. The number of nitrogens with zero attached hydrogens (tertiary/aromatic N) is 3. The topological polar surface area (TPSA) is 57.1 Å². The summed E-state index contributed by atoms with van der Waals surface area (Å²) in [5.41, 5.74) is 1.52. The number of amides is 1. The Morgan fingerprint density at radius 2 is 1.96 bits per heavy atom. The highest BCUT2D eigenvalue weighted by Gasteiger charge is 2.34. The molecule has 2 aromatic rings. The average molecular weight is 415 g/mol. The van der Waals surface area contributed by atoms with Crippen LogP contribution in [0.4, 0.5) is 0 Å². The Hall–Kier alpha value is -2.12. The van der Waals surface area contributed by atoms with Gasteiger partial charge in [-0.2, -0.15) is 0 Å². The number of thioether (sulfide) groups is 1. The molecule has 2 aliphatic rings. The molecule has 0 aliphatic carbocycles. The minimum atomic E-state index is -0.364. The summed E-state index contributed by atoms with van der Waals surface area (Å²) in [7, 11) is 0. The Bertz CT molecular complexity index is 987. The average Bonchev–Trinajstić information content (AvgIpc) is 2.62. The van der Waals surface area contributed by atoms with Crippen LogP contribution in [-0.4, -0.2) is 21.8 Å². The number of hydrogen-bond donors (Lipinski definition) is 1. The van der Waals surface area contributed by atoms with Gasteiger partial charge in [-0.25, -0.2) is 5.01 Å². The van der Waals surface area contributed by atoms with Gasteiger partial charge in [-0.15, -0.1) is 5.10 Å². The largest absolute Gasteiger partial charge is 0.298 e. The summed E-state index contributed by atoms with van der Waals surface area (Å²) in [6.07, 6.45) is -0.364. The fourth-order valence-electron chi connectivity index (χ4n) is 2.88. The summed E-state index contributed by atoms with van der Waals surface area (Å²) in [5.74, 6) is 0.689. The summed E-state index contributed by atoms with van der Waals surface area (Å²) in [4.78, 5) is 17.6. The second-order valence-electron chi connectivity index (χ2n) is 5.56.